The van der Waals surface area contributed by atoms with E-state index in [0.29, 0.717) is 10.6 Å². The number of thiazole rings is 2. The highest BCUT2D eigenvalue weighted by Crippen LogP contribution is 2.45. The van der Waals surface area contributed by atoms with Crippen LogP contribution in [0.2, 0.25) is 5.02 Å². The fourth-order valence-corrected chi connectivity index (χ4v) is 6.85. The van der Waals surface area contributed by atoms with Crippen molar-refractivity contribution in [1.29, 1.82) is 0 Å². The third-order valence-electron chi connectivity index (χ3n) is 6.44. The maximum Gasteiger partial charge on any atom is 0.337 e. The highest BCUT2D eigenvalue weighted by molar-refractivity contribution is 7.25. The molecule has 3 aromatic carbocycles. The van der Waals surface area contributed by atoms with Gasteiger partial charge in [-0.3, -0.25) is 5.10 Å². The summed E-state index contributed by atoms with van der Waals surface area (Å²) in [6, 6.07) is 15.4. The van der Waals surface area contributed by atoms with E-state index in [2.05, 4.69) is 16.3 Å². The summed E-state index contributed by atoms with van der Waals surface area (Å²) >= 11 is 9.24. The van der Waals surface area contributed by atoms with E-state index in [9.17, 15) is 9.90 Å². The number of rotatable bonds is 6. The normalized spacial score (nSPS) is 12.8. The molecule has 0 fully saturated rings. The van der Waals surface area contributed by atoms with Gasteiger partial charge in [-0.25, -0.2) is 14.8 Å². The molecule has 1 unspecified atom stereocenters. The van der Waals surface area contributed by atoms with Crippen molar-refractivity contribution in [3.63, 3.8) is 0 Å². The molecule has 6 rings (SSSR count). The van der Waals surface area contributed by atoms with Crippen LogP contribution in [0.25, 0.3) is 53.5 Å². The third kappa shape index (κ3) is 5.01. The molecule has 0 spiro atoms. The van der Waals surface area contributed by atoms with Gasteiger partial charge in [0.25, 0.3) is 0 Å². The van der Waals surface area contributed by atoms with Gasteiger partial charge < -0.3 is 9.84 Å². The van der Waals surface area contributed by atoms with Crippen LogP contribution in [-0.4, -0.2) is 36.8 Å². The largest absolute Gasteiger partial charge is 0.479 e. The molecule has 10 heteroatoms. The summed E-state index contributed by atoms with van der Waals surface area (Å²) < 4.78 is 6.98. The molecule has 2 N–H and O–H groups in total. The maximum absolute atomic E-state index is 12.6. The lowest BCUT2D eigenvalue weighted by Gasteiger charge is -2.28. The summed E-state index contributed by atoms with van der Waals surface area (Å²) in [7, 11) is 0. The first kappa shape index (κ1) is 26.6. The lowest BCUT2D eigenvalue weighted by molar-refractivity contribution is -0.160. The van der Waals surface area contributed by atoms with Gasteiger partial charge in [-0.2, -0.15) is 5.10 Å². The van der Waals surface area contributed by atoms with Crippen LogP contribution >= 0.6 is 34.3 Å². The van der Waals surface area contributed by atoms with Crippen LogP contribution in [0.1, 0.15) is 38.0 Å². The molecule has 3 aromatic heterocycles. The predicted molar refractivity (Wildman–Crippen MR) is 162 cm³/mol. The molecular formula is C30H25ClN4O3S2. The molecule has 3 heterocycles. The zero-order valence-electron chi connectivity index (χ0n) is 22.2. The lowest BCUT2D eigenvalue weighted by atomic mass is 9.91. The Hall–Kier alpha value is -3.63. The van der Waals surface area contributed by atoms with Crippen molar-refractivity contribution < 1.29 is 14.6 Å². The summed E-state index contributed by atoms with van der Waals surface area (Å²) in [5.74, 6) is -1.04. The SMILES string of the molecule is Cc1cc2nc(-c3nc(-c4ccc5[nH]ncc5c4)cs3)sc2c(-c2ccc(Cl)cc2)c1C(OC(C)(C)C)C(=O)O. The number of nitrogens with one attached hydrogen (secondary N) is 1. The van der Waals surface area contributed by atoms with Crippen LogP contribution in [0, 0.1) is 6.92 Å². The van der Waals surface area contributed by atoms with Crippen molar-refractivity contribution >= 4 is 61.4 Å². The molecule has 0 saturated carbocycles. The summed E-state index contributed by atoms with van der Waals surface area (Å²) in [6.07, 6.45) is 0.635. The summed E-state index contributed by atoms with van der Waals surface area (Å²) in [4.78, 5) is 22.4. The number of carboxylic acids is 1. The van der Waals surface area contributed by atoms with E-state index < -0.39 is 17.7 Å². The number of carbonyl (C=O) groups is 1. The van der Waals surface area contributed by atoms with Gasteiger partial charge in [-0.15, -0.1) is 22.7 Å². The van der Waals surface area contributed by atoms with E-state index in [4.69, 9.17) is 26.3 Å². The number of aromatic amines is 1. The van der Waals surface area contributed by atoms with Crippen LogP contribution in [0.15, 0.2) is 60.1 Å². The average Bonchev–Trinajstić information content (AvgIpc) is 3.65. The molecule has 40 heavy (non-hydrogen) atoms. The number of hydrogen-bond donors (Lipinski definition) is 2. The molecule has 0 saturated heterocycles. The molecule has 0 aliphatic carbocycles. The summed E-state index contributed by atoms with van der Waals surface area (Å²) in [5, 5.41) is 22.6. The zero-order valence-corrected chi connectivity index (χ0v) is 24.5. The first-order valence-electron chi connectivity index (χ1n) is 12.6. The highest BCUT2D eigenvalue weighted by atomic mass is 35.5. The van der Waals surface area contributed by atoms with Gasteiger partial charge in [-0.05, 0) is 69.2 Å². The summed E-state index contributed by atoms with van der Waals surface area (Å²) in [6.45, 7) is 7.47. The molecule has 0 aliphatic rings. The van der Waals surface area contributed by atoms with Gasteiger partial charge in [0.2, 0.25) is 0 Å². The van der Waals surface area contributed by atoms with E-state index in [1.54, 1.807) is 18.3 Å². The summed E-state index contributed by atoms with van der Waals surface area (Å²) in [5.41, 5.74) is 5.98. The van der Waals surface area contributed by atoms with Crippen LogP contribution in [0.4, 0.5) is 0 Å². The number of aromatic nitrogens is 4. The minimum Gasteiger partial charge on any atom is -0.479 e. The van der Waals surface area contributed by atoms with E-state index in [1.807, 2.05) is 63.4 Å². The first-order chi connectivity index (χ1) is 19.1. The lowest BCUT2D eigenvalue weighted by Crippen LogP contribution is -2.28. The minimum absolute atomic E-state index is 0.601. The fourth-order valence-electron chi connectivity index (χ4n) is 4.74. The number of fused-ring (bicyclic) bond motifs is 2. The van der Waals surface area contributed by atoms with E-state index >= 15 is 0 Å². The number of benzene rings is 3. The van der Waals surface area contributed by atoms with Gasteiger partial charge in [-0.1, -0.05) is 29.8 Å². The highest BCUT2D eigenvalue weighted by Gasteiger charge is 2.32. The second-order valence-corrected chi connectivity index (χ2v) is 12.8. The Bertz CT molecular complexity index is 1880. The van der Waals surface area contributed by atoms with Gasteiger partial charge in [0.15, 0.2) is 16.1 Å². The van der Waals surface area contributed by atoms with E-state index in [0.717, 1.165) is 59.1 Å². The van der Waals surface area contributed by atoms with Crippen molar-refractivity contribution in [3.8, 4) is 32.4 Å². The average molecular weight is 589 g/mol. The van der Waals surface area contributed by atoms with Gasteiger partial charge in [0, 0.05) is 32.5 Å². The number of ether oxygens (including phenoxy) is 1. The van der Waals surface area contributed by atoms with Gasteiger partial charge in [0.1, 0.15) is 0 Å². The Kier molecular flexibility index (Phi) is 6.70. The van der Waals surface area contributed by atoms with Crippen LogP contribution in [-0.2, 0) is 9.53 Å². The maximum atomic E-state index is 12.6. The number of aryl methyl sites for hydroxylation is 1. The molecule has 0 radical (unpaired) electrons. The van der Waals surface area contributed by atoms with Crippen molar-refractivity contribution in [2.75, 3.05) is 0 Å². The molecule has 0 bridgehead atoms. The molecular weight excluding hydrogens is 564 g/mol. The van der Waals surface area contributed by atoms with E-state index in [1.165, 1.54) is 22.7 Å². The Morgan fingerprint density at radius 1 is 1.05 bits per heavy atom. The fraction of sp³-hybridized carbons (Fsp3) is 0.200. The number of nitrogens with zero attached hydrogens (tertiary/aromatic N) is 3. The first-order valence-corrected chi connectivity index (χ1v) is 14.6. The number of H-pyrrole nitrogens is 1. The molecule has 202 valence electrons. The van der Waals surface area contributed by atoms with Gasteiger partial charge in [0.05, 0.1) is 33.2 Å². The Balaban J connectivity index is 1.52. The molecule has 1 atom stereocenters. The van der Waals surface area contributed by atoms with Crippen LogP contribution < -0.4 is 0 Å². The number of aliphatic carboxylic acids is 1. The van der Waals surface area contributed by atoms with Crippen LogP contribution in [0.5, 0.6) is 0 Å². The zero-order chi connectivity index (χ0) is 28.2. The van der Waals surface area contributed by atoms with E-state index in [-0.39, 0.29) is 0 Å². The number of carboxylic acid groups (broad SMARTS) is 1. The second kappa shape index (κ2) is 10.1. The predicted octanol–water partition coefficient (Wildman–Crippen LogP) is 8.53. The molecule has 6 aromatic rings. The molecule has 7 nitrogen and oxygen atoms in total. The molecule has 0 aliphatic heterocycles. The van der Waals surface area contributed by atoms with Crippen molar-refractivity contribution in [3.05, 3.63) is 76.3 Å². The Morgan fingerprint density at radius 2 is 1.80 bits per heavy atom. The molecule has 0 amide bonds. The number of halogens is 1. The minimum atomic E-state index is -1.16. The van der Waals surface area contributed by atoms with Crippen molar-refractivity contribution in [1.82, 2.24) is 20.2 Å². The van der Waals surface area contributed by atoms with Crippen molar-refractivity contribution in [2.45, 2.75) is 39.4 Å². The monoisotopic (exact) mass is 588 g/mol. The second-order valence-electron chi connectivity index (χ2n) is 10.5. The quantitative estimate of drug-likeness (QED) is 0.202. The third-order valence-corrected chi connectivity index (χ3v) is 8.77. The van der Waals surface area contributed by atoms with Crippen LogP contribution in [0.3, 0.4) is 0 Å². The number of hydrogen-bond acceptors (Lipinski definition) is 7. The topological polar surface area (TPSA) is 101 Å². The smallest absolute Gasteiger partial charge is 0.337 e. The Morgan fingerprint density at radius 3 is 2.52 bits per heavy atom. The Labute approximate surface area is 243 Å². The standard InChI is InChI=1S/C30H25ClN4O3S2/c1-15-11-21-26(24(16-5-8-19(31)9-6-16)23(15)25(29(36)37)38-30(2,3)4)40-28(33-21)27-34-22(14-39-27)17-7-10-20-18(12-17)13-32-35-20/h5-14,25H,1-4H3,(H,32,35)(H,36,37). The van der Waals surface area contributed by atoms with Crippen molar-refractivity contribution in [2.24, 2.45) is 0 Å². The van der Waals surface area contributed by atoms with Gasteiger partial charge >= 0.3 is 5.97 Å².